The molecule has 180 valence electrons. The van der Waals surface area contributed by atoms with Gasteiger partial charge in [0.15, 0.2) is 5.69 Å². The maximum Gasteiger partial charge on any atom is 0.573 e. The minimum Gasteiger partial charge on any atom is -0.406 e. The second-order valence-electron chi connectivity index (χ2n) is 7.45. The van der Waals surface area contributed by atoms with E-state index in [1.165, 1.54) is 0 Å². The van der Waals surface area contributed by atoms with Crippen LogP contribution in [0.25, 0.3) is 0 Å². The van der Waals surface area contributed by atoms with Gasteiger partial charge >= 0.3 is 12.1 Å². The van der Waals surface area contributed by atoms with Crippen LogP contribution in [0.1, 0.15) is 35.7 Å². The van der Waals surface area contributed by atoms with E-state index < -0.39 is 29.3 Å². The molecule has 2 aromatic carbocycles. The van der Waals surface area contributed by atoms with E-state index in [0.29, 0.717) is 12.8 Å². The molecule has 1 heterocycles. The summed E-state index contributed by atoms with van der Waals surface area (Å²) in [5, 5.41) is 0. The number of alkyl halides is 3. The van der Waals surface area contributed by atoms with Crippen LogP contribution in [-0.4, -0.2) is 28.4 Å². The molecule has 1 amide bonds. The quantitative estimate of drug-likeness (QED) is 0.517. The largest absolute Gasteiger partial charge is 0.573 e. The lowest BCUT2D eigenvalue weighted by atomic mass is 10.1. The molecule has 11 heteroatoms. The molecule has 0 aliphatic carbocycles. The van der Waals surface area contributed by atoms with Gasteiger partial charge in [-0.25, -0.2) is 4.79 Å². The Balaban J connectivity index is 2.02. The van der Waals surface area contributed by atoms with Crippen LogP contribution in [0.3, 0.4) is 0 Å². The predicted molar refractivity (Wildman–Crippen MR) is 121 cm³/mol. The van der Waals surface area contributed by atoms with Gasteiger partial charge < -0.3 is 15.4 Å². The van der Waals surface area contributed by atoms with Crippen LogP contribution in [0.4, 0.5) is 24.7 Å². The van der Waals surface area contributed by atoms with Crippen molar-refractivity contribution < 1.29 is 22.7 Å². The van der Waals surface area contributed by atoms with Gasteiger partial charge in [0.2, 0.25) is 0 Å². The zero-order chi connectivity index (χ0) is 24.9. The lowest BCUT2D eigenvalue weighted by Crippen LogP contribution is -2.41. The predicted octanol–water partition coefficient (Wildman–Crippen LogP) is 3.51. The van der Waals surface area contributed by atoms with Gasteiger partial charge in [-0.1, -0.05) is 43.7 Å². The number of hydrogen-bond acceptors (Lipinski definition) is 5. The van der Waals surface area contributed by atoms with Gasteiger partial charge in [0.1, 0.15) is 11.6 Å². The van der Waals surface area contributed by atoms with Crippen molar-refractivity contribution in [3.8, 4) is 5.75 Å². The van der Waals surface area contributed by atoms with Crippen LogP contribution in [-0.2, 0) is 6.54 Å². The third kappa shape index (κ3) is 5.85. The molecule has 0 fully saturated rings. The van der Waals surface area contributed by atoms with Crippen molar-refractivity contribution in [3.63, 3.8) is 0 Å². The average Bonchev–Trinajstić information content (AvgIpc) is 2.78. The fraction of sp³-hybridized carbons (Fsp3) is 0.261. The van der Waals surface area contributed by atoms with Crippen molar-refractivity contribution in [2.75, 3.05) is 17.2 Å². The molecule has 0 spiro atoms. The molecule has 3 aromatic rings. The van der Waals surface area contributed by atoms with Crippen LogP contribution in [0.2, 0.25) is 0 Å². The monoisotopic (exact) mass is 476 g/mol. The first kappa shape index (κ1) is 24.6. The van der Waals surface area contributed by atoms with Crippen molar-refractivity contribution >= 4 is 17.4 Å². The minimum absolute atomic E-state index is 0.0187. The number of anilines is 2. The Labute approximate surface area is 192 Å². The molecule has 3 N–H and O–H groups in total. The highest BCUT2D eigenvalue weighted by atomic mass is 19.4. The standard InChI is InChI=1S/C23H23F3N4O4/c1-2-3-13-29(21(32)16-9-11-17(12-10-16)34-23(24,25)26)18-19(27)30(22(33)28-20(18)31)14-15-7-5-4-6-8-15/h4-12H,2-3,13-14,27H2,1H3,(H,28,31,33). The van der Waals surface area contributed by atoms with Crippen molar-refractivity contribution in [1.82, 2.24) is 9.55 Å². The number of hydrogen-bond donors (Lipinski definition) is 2. The van der Waals surface area contributed by atoms with E-state index in [4.69, 9.17) is 5.73 Å². The molecule has 3 rings (SSSR count). The molecule has 0 saturated heterocycles. The number of ether oxygens (including phenoxy) is 1. The number of nitrogens with one attached hydrogen (secondary N) is 1. The van der Waals surface area contributed by atoms with Crippen molar-refractivity contribution in [3.05, 3.63) is 86.6 Å². The van der Waals surface area contributed by atoms with Crippen LogP contribution in [0, 0.1) is 0 Å². The van der Waals surface area contributed by atoms with E-state index >= 15 is 0 Å². The smallest absolute Gasteiger partial charge is 0.406 e. The number of amides is 1. The van der Waals surface area contributed by atoms with Gasteiger partial charge in [0.25, 0.3) is 11.5 Å². The Bertz CT molecular complexity index is 1250. The van der Waals surface area contributed by atoms with E-state index in [2.05, 4.69) is 9.72 Å². The number of halogens is 3. The molecule has 8 nitrogen and oxygen atoms in total. The molecule has 34 heavy (non-hydrogen) atoms. The Hall–Kier alpha value is -4.02. The number of aromatic nitrogens is 2. The number of unbranched alkanes of at least 4 members (excludes halogenated alkanes) is 1. The SMILES string of the molecule is CCCCN(C(=O)c1ccc(OC(F)(F)F)cc1)c1c(N)n(Cc2ccccc2)c(=O)[nH]c1=O. The summed E-state index contributed by atoms with van der Waals surface area (Å²) in [4.78, 5) is 41.8. The fourth-order valence-corrected chi connectivity index (χ4v) is 3.35. The van der Waals surface area contributed by atoms with Gasteiger partial charge in [0, 0.05) is 12.1 Å². The van der Waals surface area contributed by atoms with Crippen molar-refractivity contribution in [1.29, 1.82) is 0 Å². The second kappa shape index (κ2) is 10.3. The van der Waals surface area contributed by atoms with Gasteiger partial charge in [-0.05, 0) is 36.2 Å². The molecule has 0 aliphatic heterocycles. The molecule has 0 saturated carbocycles. The molecule has 0 atom stereocenters. The number of H-pyrrole nitrogens is 1. The summed E-state index contributed by atoms with van der Waals surface area (Å²) in [7, 11) is 0. The molecule has 0 bridgehead atoms. The second-order valence-corrected chi connectivity index (χ2v) is 7.45. The highest BCUT2D eigenvalue weighted by Crippen LogP contribution is 2.25. The van der Waals surface area contributed by atoms with E-state index in [1.54, 1.807) is 24.3 Å². The van der Waals surface area contributed by atoms with Gasteiger partial charge in [-0.15, -0.1) is 13.2 Å². The van der Waals surface area contributed by atoms with Crippen LogP contribution in [0.5, 0.6) is 5.75 Å². The number of rotatable bonds is 8. The summed E-state index contributed by atoms with van der Waals surface area (Å²) in [6, 6.07) is 13.3. The first-order chi connectivity index (χ1) is 16.1. The first-order valence-electron chi connectivity index (χ1n) is 10.4. The number of nitrogens with two attached hydrogens (primary N) is 1. The van der Waals surface area contributed by atoms with E-state index in [9.17, 15) is 27.6 Å². The summed E-state index contributed by atoms with van der Waals surface area (Å²) in [6.45, 7) is 2.05. The van der Waals surface area contributed by atoms with Crippen LogP contribution < -0.4 is 26.6 Å². The lowest BCUT2D eigenvalue weighted by Gasteiger charge is -2.24. The summed E-state index contributed by atoms with van der Waals surface area (Å²) in [5.74, 6) is -1.34. The Morgan fingerprint density at radius 2 is 1.74 bits per heavy atom. The highest BCUT2D eigenvalue weighted by Gasteiger charge is 2.31. The number of carbonyl (C=O) groups excluding carboxylic acids is 1. The topological polar surface area (TPSA) is 110 Å². The maximum absolute atomic E-state index is 13.3. The highest BCUT2D eigenvalue weighted by molar-refractivity contribution is 6.07. The molecular weight excluding hydrogens is 453 g/mol. The third-order valence-electron chi connectivity index (χ3n) is 4.98. The molecule has 1 aromatic heterocycles. The summed E-state index contributed by atoms with van der Waals surface area (Å²) >= 11 is 0. The van der Waals surface area contributed by atoms with E-state index in [1.807, 2.05) is 13.0 Å². The lowest BCUT2D eigenvalue weighted by molar-refractivity contribution is -0.274. The molecule has 0 unspecified atom stereocenters. The first-order valence-corrected chi connectivity index (χ1v) is 10.4. The van der Waals surface area contributed by atoms with E-state index in [0.717, 1.165) is 39.3 Å². The van der Waals surface area contributed by atoms with Gasteiger partial charge in [-0.3, -0.25) is 19.1 Å². The zero-order valence-electron chi connectivity index (χ0n) is 18.3. The molecular formula is C23H23F3N4O4. The molecule has 0 radical (unpaired) electrons. The average molecular weight is 476 g/mol. The summed E-state index contributed by atoms with van der Waals surface area (Å²) < 4.78 is 42.3. The fourth-order valence-electron chi connectivity index (χ4n) is 3.35. The number of nitrogen functional groups attached to an aromatic ring is 1. The van der Waals surface area contributed by atoms with E-state index in [-0.39, 0.29) is 30.2 Å². The number of nitrogens with zero attached hydrogens (tertiary/aromatic N) is 2. The normalized spacial score (nSPS) is 11.3. The Kier molecular flexibility index (Phi) is 7.44. The van der Waals surface area contributed by atoms with Gasteiger partial charge in [-0.2, -0.15) is 0 Å². The number of benzene rings is 2. The Morgan fingerprint density at radius 3 is 2.32 bits per heavy atom. The van der Waals surface area contributed by atoms with Crippen LogP contribution >= 0.6 is 0 Å². The summed E-state index contributed by atoms with van der Waals surface area (Å²) in [6.07, 6.45) is -3.67. The number of aromatic amines is 1. The van der Waals surface area contributed by atoms with Crippen molar-refractivity contribution in [2.24, 2.45) is 0 Å². The zero-order valence-corrected chi connectivity index (χ0v) is 18.3. The Morgan fingerprint density at radius 1 is 1.09 bits per heavy atom. The van der Waals surface area contributed by atoms with Crippen LogP contribution in [0.15, 0.2) is 64.2 Å². The third-order valence-corrected chi connectivity index (χ3v) is 4.98. The van der Waals surface area contributed by atoms with Gasteiger partial charge in [0.05, 0.1) is 6.54 Å². The summed E-state index contributed by atoms with van der Waals surface area (Å²) in [5.41, 5.74) is 5.21. The molecule has 0 aliphatic rings. The maximum atomic E-state index is 13.3. The minimum atomic E-state index is -4.87. The number of carbonyl (C=O) groups is 1. The van der Waals surface area contributed by atoms with Crippen molar-refractivity contribution in [2.45, 2.75) is 32.7 Å².